The van der Waals surface area contributed by atoms with E-state index in [9.17, 15) is 22.0 Å². The zero-order chi connectivity index (χ0) is 12.5. The molecule has 4 nitrogen and oxygen atoms in total. The Morgan fingerprint density at radius 3 is 2.31 bits per heavy atom. The minimum atomic E-state index is -4.03. The maximum absolute atomic E-state index is 13.2. The highest BCUT2D eigenvalue weighted by Gasteiger charge is 2.20. The Morgan fingerprint density at radius 1 is 1.31 bits per heavy atom. The maximum Gasteiger partial charge on any atom is 0.338 e. The van der Waals surface area contributed by atoms with E-state index in [-0.39, 0.29) is 0 Å². The SMILES string of the molecule is O=C(O)c1ccc(CS(=O)(=O)Cl)c(F)c1F. The van der Waals surface area contributed by atoms with Crippen molar-refractivity contribution in [1.29, 1.82) is 0 Å². The number of hydrogen-bond acceptors (Lipinski definition) is 3. The highest BCUT2D eigenvalue weighted by molar-refractivity contribution is 8.13. The minimum Gasteiger partial charge on any atom is -0.478 e. The van der Waals surface area contributed by atoms with Crippen LogP contribution in [0.2, 0.25) is 0 Å². The highest BCUT2D eigenvalue weighted by atomic mass is 35.7. The van der Waals surface area contributed by atoms with Crippen LogP contribution in [0.15, 0.2) is 12.1 Å². The lowest BCUT2D eigenvalue weighted by atomic mass is 10.1. The molecule has 0 atom stereocenters. The number of benzene rings is 1. The van der Waals surface area contributed by atoms with Crippen LogP contribution in [0, 0.1) is 11.6 Å². The Labute approximate surface area is 93.9 Å². The van der Waals surface area contributed by atoms with Crippen LogP contribution in [0.25, 0.3) is 0 Å². The first kappa shape index (κ1) is 12.9. The molecule has 1 N–H and O–H groups in total. The van der Waals surface area contributed by atoms with Crippen LogP contribution in [-0.2, 0) is 14.8 Å². The first-order valence-electron chi connectivity index (χ1n) is 3.85. The average Bonchev–Trinajstić information content (AvgIpc) is 2.10. The van der Waals surface area contributed by atoms with E-state index in [1.807, 2.05) is 0 Å². The molecular weight excluding hydrogens is 266 g/mol. The van der Waals surface area contributed by atoms with Gasteiger partial charge >= 0.3 is 5.97 Å². The first-order chi connectivity index (χ1) is 7.22. The molecule has 0 saturated heterocycles. The Balaban J connectivity index is 3.28. The van der Waals surface area contributed by atoms with Crippen molar-refractivity contribution in [3.8, 4) is 0 Å². The summed E-state index contributed by atoms with van der Waals surface area (Å²) in [5, 5.41) is 8.46. The van der Waals surface area contributed by atoms with Crippen LogP contribution >= 0.6 is 10.7 Å². The zero-order valence-corrected chi connectivity index (χ0v) is 9.15. The fourth-order valence-electron chi connectivity index (χ4n) is 1.05. The lowest BCUT2D eigenvalue weighted by Crippen LogP contribution is -2.07. The summed E-state index contributed by atoms with van der Waals surface area (Å²) >= 11 is 0. The zero-order valence-electron chi connectivity index (χ0n) is 7.58. The second kappa shape index (κ2) is 4.34. The van der Waals surface area contributed by atoms with Gasteiger partial charge in [-0.25, -0.2) is 22.0 Å². The molecule has 0 aromatic heterocycles. The van der Waals surface area contributed by atoms with Gasteiger partial charge in [-0.1, -0.05) is 6.07 Å². The molecule has 0 radical (unpaired) electrons. The van der Waals surface area contributed by atoms with Crippen molar-refractivity contribution in [3.05, 3.63) is 34.9 Å². The van der Waals surface area contributed by atoms with E-state index >= 15 is 0 Å². The van der Waals surface area contributed by atoms with Crippen molar-refractivity contribution in [3.63, 3.8) is 0 Å². The molecule has 0 unspecified atom stereocenters. The van der Waals surface area contributed by atoms with Crippen LogP contribution in [0.4, 0.5) is 8.78 Å². The molecule has 0 aliphatic rings. The van der Waals surface area contributed by atoms with Crippen LogP contribution in [0.3, 0.4) is 0 Å². The lowest BCUT2D eigenvalue weighted by Gasteiger charge is -2.04. The van der Waals surface area contributed by atoms with E-state index in [2.05, 4.69) is 0 Å². The fourth-order valence-corrected chi connectivity index (χ4v) is 2.00. The second-order valence-corrected chi connectivity index (χ2v) is 5.67. The van der Waals surface area contributed by atoms with Gasteiger partial charge in [0.2, 0.25) is 9.05 Å². The standard InChI is InChI=1S/C8H5ClF2O4S/c9-16(14,15)3-4-1-2-5(8(12)13)7(11)6(4)10/h1-2H,3H2,(H,12,13). The molecule has 0 saturated carbocycles. The van der Waals surface area contributed by atoms with E-state index in [1.54, 1.807) is 0 Å². The summed E-state index contributed by atoms with van der Waals surface area (Å²) in [6.45, 7) is 0. The largest absolute Gasteiger partial charge is 0.478 e. The third-order valence-corrected chi connectivity index (χ3v) is 2.70. The Hall–Kier alpha value is -1.21. The van der Waals surface area contributed by atoms with Gasteiger partial charge in [0.15, 0.2) is 11.6 Å². The quantitative estimate of drug-likeness (QED) is 0.849. The molecule has 16 heavy (non-hydrogen) atoms. The van der Waals surface area contributed by atoms with Crippen molar-refractivity contribution >= 4 is 25.7 Å². The molecule has 0 aliphatic heterocycles. The van der Waals surface area contributed by atoms with Gasteiger partial charge in [0.25, 0.3) is 0 Å². The molecule has 0 heterocycles. The molecular formula is C8H5ClF2O4S. The fraction of sp³-hybridized carbons (Fsp3) is 0.125. The van der Waals surface area contributed by atoms with Crippen LogP contribution in [0.1, 0.15) is 15.9 Å². The van der Waals surface area contributed by atoms with Crippen LogP contribution in [-0.4, -0.2) is 19.5 Å². The van der Waals surface area contributed by atoms with E-state index < -0.39 is 43.5 Å². The molecule has 0 amide bonds. The van der Waals surface area contributed by atoms with Gasteiger partial charge in [-0.05, 0) is 6.07 Å². The summed E-state index contributed by atoms with van der Waals surface area (Å²) in [4.78, 5) is 10.4. The van der Waals surface area contributed by atoms with E-state index in [4.69, 9.17) is 15.8 Å². The normalized spacial score (nSPS) is 11.4. The number of halogens is 3. The summed E-state index contributed by atoms with van der Waals surface area (Å²) in [6, 6.07) is 1.64. The predicted molar refractivity (Wildman–Crippen MR) is 51.8 cm³/mol. The molecule has 0 fully saturated rings. The molecule has 0 aliphatic carbocycles. The number of aromatic carboxylic acids is 1. The molecule has 1 aromatic rings. The van der Waals surface area contributed by atoms with Gasteiger partial charge in [0.1, 0.15) is 0 Å². The number of carboxylic acids is 1. The molecule has 0 bridgehead atoms. The van der Waals surface area contributed by atoms with Crippen molar-refractivity contribution < 1.29 is 27.1 Å². The average molecular weight is 271 g/mol. The second-order valence-electron chi connectivity index (χ2n) is 2.89. The number of rotatable bonds is 3. The smallest absolute Gasteiger partial charge is 0.338 e. The Bertz CT molecular complexity index is 541. The predicted octanol–water partition coefficient (Wildman–Crippen LogP) is 1.73. The summed E-state index contributed by atoms with van der Waals surface area (Å²) < 4.78 is 47.6. The van der Waals surface area contributed by atoms with Gasteiger partial charge < -0.3 is 5.11 Å². The number of carbonyl (C=O) groups is 1. The monoisotopic (exact) mass is 270 g/mol. The summed E-state index contributed by atoms with van der Waals surface area (Å²) in [6.07, 6.45) is 0. The van der Waals surface area contributed by atoms with Crippen LogP contribution in [0.5, 0.6) is 0 Å². The van der Waals surface area contributed by atoms with E-state index in [0.717, 1.165) is 12.1 Å². The Morgan fingerprint density at radius 2 is 1.88 bits per heavy atom. The Kier molecular flexibility index (Phi) is 3.49. The molecule has 88 valence electrons. The van der Waals surface area contributed by atoms with Crippen molar-refractivity contribution in [2.75, 3.05) is 0 Å². The highest BCUT2D eigenvalue weighted by Crippen LogP contribution is 2.19. The minimum absolute atomic E-state index is 0.516. The van der Waals surface area contributed by atoms with Gasteiger partial charge in [-0.3, -0.25) is 0 Å². The summed E-state index contributed by atoms with van der Waals surface area (Å²) in [5.74, 6) is -5.68. The third-order valence-electron chi connectivity index (χ3n) is 1.72. The van der Waals surface area contributed by atoms with Gasteiger partial charge in [0, 0.05) is 16.2 Å². The van der Waals surface area contributed by atoms with Crippen molar-refractivity contribution in [2.24, 2.45) is 0 Å². The van der Waals surface area contributed by atoms with Gasteiger partial charge in [-0.15, -0.1) is 0 Å². The molecule has 8 heteroatoms. The van der Waals surface area contributed by atoms with Crippen LogP contribution < -0.4 is 0 Å². The number of carboxylic acid groups (broad SMARTS) is 1. The number of hydrogen-bond donors (Lipinski definition) is 1. The summed E-state index contributed by atoms with van der Waals surface area (Å²) in [5.41, 5.74) is -1.38. The molecule has 1 rings (SSSR count). The van der Waals surface area contributed by atoms with E-state index in [0.29, 0.717) is 0 Å². The lowest BCUT2D eigenvalue weighted by molar-refractivity contribution is 0.0690. The maximum atomic E-state index is 13.2. The van der Waals surface area contributed by atoms with Gasteiger partial charge in [0.05, 0.1) is 11.3 Å². The summed E-state index contributed by atoms with van der Waals surface area (Å²) in [7, 11) is 0.830. The van der Waals surface area contributed by atoms with Gasteiger partial charge in [-0.2, -0.15) is 0 Å². The molecule has 0 spiro atoms. The topological polar surface area (TPSA) is 71.4 Å². The van der Waals surface area contributed by atoms with Crippen molar-refractivity contribution in [1.82, 2.24) is 0 Å². The third kappa shape index (κ3) is 2.89. The van der Waals surface area contributed by atoms with E-state index in [1.165, 1.54) is 0 Å². The van der Waals surface area contributed by atoms with Crippen molar-refractivity contribution in [2.45, 2.75) is 5.75 Å². The molecule has 1 aromatic carbocycles. The first-order valence-corrected chi connectivity index (χ1v) is 6.32.